The van der Waals surface area contributed by atoms with Crippen LogP contribution in [-0.4, -0.2) is 42.3 Å². The molecule has 150 valence electrons. The predicted molar refractivity (Wildman–Crippen MR) is 105 cm³/mol. The predicted octanol–water partition coefficient (Wildman–Crippen LogP) is 2.50. The fourth-order valence-electron chi connectivity index (χ4n) is 3.84. The van der Waals surface area contributed by atoms with E-state index in [1.165, 1.54) is 0 Å². The first-order valence-corrected chi connectivity index (χ1v) is 9.65. The van der Waals surface area contributed by atoms with E-state index >= 15 is 0 Å². The van der Waals surface area contributed by atoms with Gasteiger partial charge in [0.2, 0.25) is 5.91 Å². The van der Waals surface area contributed by atoms with Gasteiger partial charge in [-0.2, -0.15) is 0 Å². The van der Waals surface area contributed by atoms with Gasteiger partial charge in [-0.25, -0.2) is 9.59 Å². The number of carbonyl (C=O) groups excluding carboxylic acids is 2. The highest BCUT2D eigenvalue weighted by Crippen LogP contribution is 2.44. The van der Waals surface area contributed by atoms with Gasteiger partial charge in [-0.1, -0.05) is 48.5 Å². The Bertz CT molecular complexity index is 908. The van der Waals surface area contributed by atoms with Gasteiger partial charge in [0, 0.05) is 5.92 Å². The minimum atomic E-state index is -1.05. The highest BCUT2D eigenvalue weighted by molar-refractivity contribution is 5.87. The van der Waals surface area contributed by atoms with E-state index in [2.05, 4.69) is 22.8 Å². The van der Waals surface area contributed by atoms with E-state index in [1.54, 1.807) is 0 Å². The van der Waals surface area contributed by atoms with Crippen LogP contribution < -0.4 is 10.6 Å². The van der Waals surface area contributed by atoms with Gasteiger partial charge in [-0.15, -0.1) is 0 Å². The van der Waals surface area contributed by atoms with Gasteiger partial charge >= 0.3 is 12.1 Å². The second-order valence-electron chi connectivity index (χ2n) is 7.40. The Morgan fingerprint density at radius 2 is 1.59 bits per heavy atom. The van der Waals surface area contributed by atoms with E-state index in [-0.39, 0.29) is 25.0 Å². The lowest BCUT2D eigenvalue weighted by atomic mass is 9.98. The highest BCUT2D eigenvalue weighted by atomic mass is 16.5. The molecule has 0 radical (unpaired) electrons. The fourth-order valence-corrected chi connectivity index (χ4v) is 3.84. The van der Waals surface area contributed by atoms with E-state index in [1.807, 2.05) is 36.4 Å². The summed E-state index contributed by atoms with van der Waals surface area (Å²) in [5.74, 6) is -1.68. The summed E-state index contributed by atoms with van der Waals surface area (Å²) in [6.45, 7) is -0.172. The number of carboxylic acids is 1. The molecule has 0 heterocycles. The van der Waals surface area contributed by atoms with Crippen LogP contribution in [0.15, 0.2) is 48.5 Å². The summed E-state index contributed by atoms with van der Waals surface area (Å²) in [7, 11) is 0. The van der Waals surface area contributed by atoms with Crippen LogP contribution >= 0.6 is 0 Å². The molecule has 0 aliphatic heterocycles. The molecule has 0 aromatic heterocycles. The number of fused-ring (bicyclic) bond motifs is 3. The van der Waals surface area contributed by atoms with Crippen molar-refractivity contribution in [3.63, 3.8) is 0 Å². The summed E-state index contributed by atoms with van der Waals surface area (Å²) < 4.78 is 5.36. The number of carboxylic acid groups (broad SMARTS) is 1. The van der Waals surface area contributed by atoms with Crippen LogP contribution in [0.5, 0.6) is 0 Å². The van der Waals surface area contributed by atoms with Gasteiger partial charge in [-0.3, -0.25) is 4.79 Å². The van der Waals surface area contributed by atoms with Crippen LogP contribution in [0.4, 0.5) is 4.79 Å². The van der Waals surface area contributed by atoms with Gasteiger partial charge in [0.05, 0.1) is 0 Å². The van der Waals surface area contributed by atoms with Crippen LogP contribution in [0.3, 0.4) is 0 Å². The molecule has 1 fully saturated rings. The van der Waals surface area contributed by atoms with Crippen molar-refractivity contribution >= 4 is 18.0 Å². The summed E-state index contributed by atoms with van der Waals surface area (Å²) in [4.78, 5) is 35.2. The minimum Gasteiger partial charge on any atom is -0.480 e. The van der Waals surface area contributed by atoms with Crippen molar-refractivity contribution in [2.45, 2.75) is 24.8 Å². The third-order valence-electron chi connectivity index (χ3n) is 5.41. The number of benzene rings is 2. The topological polar surface area (TPSA) is 105 Å². The second kappa shape index (κ2) is 7.95. The van der Waals surface area contributed by atoms with Crippen LogP contribution in [0.25, 0.3) is 11.1 Å². The first kappa shape index (κ1) is 19.0. The molecule has 2 amide bonds. The monoisotopic (exact) mass is 394 g/mol. The SMILES string of the molecule is O=C(CNC(=O)OCC1c2ccccc2-c2ccccc21)NC(C(=O)O)C1CC1. The summed E-state index contributed by atoms with van der Waals surface area (Å²) in [6.07, 6.45) is 0.869. The van der Waals surface area contributed by atoms with Crippen molar-refractivity contribution in [1.82, 2.24) is 10.6 Å². The zero-order valence-corrected chi connectivity index (χ0v) is 15.8. The van der Waals surface area contributed by atoms with Gasteiger partial charge < -0.3 is 20.5 Å². The number of aliphatic carboxylic acids is 1. The maximum atomic E-state index is 12.1. The number of alkyl carbamates (subject to hydrolysis) is 1. The summed E-state index contributed by atoms with van der Waals surface area (Å²) in [5.41, 5.74) is 4.48. The Morgan fingerprint density at radius 3 is 2.14 bits per heavy atom. The lowest BCUT2D eigenvalue weighted by Gasteiger charge is -2.15. The molecule has 0 spiro atoms. The van der Waals surface area contributed by atoms with E-state index in [4.69, 9.17) is 9.84 Å². The first-order valence-electron chi connectivity index (χ1n) is 9.65. The number of nitrogens with one attached hydrogen (secondary N) is 2. The van der Waals surface area contributed by atoms with E-state index in [0.717, 1.165) is 35.1 Å². The first-order chi connectivity index (χ1) is 14.0. The molecule has 7 nitrogen and oxygen atoms in total. The summed E-state index contributed by atoms with van der Waals surface area (Å²) >= 11 is 0. The van der Waals surface area contributed by atoms with Crippen molar-refractivity contribution < 1.29 is 24.2 Å². The van der Waals surface area contributed by atoms with Crippen LogP contribution in [0, 0.1) is 5.92 Å². The highest BCUT2D eigenvalue weighted by Gasteiger charge is 2.37. The molecule has 1 atom stereocenters. The number of hydrogen-bond donors (Lipinski definition) is 3. The zero-order chi connectivity index (χ0) is 20.4. The summed E-state index contributed by atoms with van der Waals surface area (Å²) in [6, 6.07) is 15.1. The van der Waals surface area contributed by atoms with Gasteiger partial charge in [0.25, 0.3) is 0 Å². The van der Waals surface area contributed by atoms with Gasteiger partial charge in [0.15, 0.2) is 0 Å². The molecule has 0 saturated heterocycles. The molecule has 4 rings (SSSR count). The van der Waals surface area contributed by atoms with E-state index < -0.39 is 24.0 Å². The average molecular weight is 394 g/mol. The molecule has 29 heavy (non-hydrogen) atoms. The molecule has 3 N–H and O–H groups in total. The Kier molecular flexibility index (Phi) is 5.20. The van der Waals surface area contributed by atoms with Crippen LogP contribution in [0.1, 0.15) is 29.9 Å². The van der Waals surface area contributed by atoms with Crippen molar-refractivity contribution in [3.05, 3.63) is 59.7 Å². The van der Waals surface area contributed by atoms with Gasteiger partial charge in [0.1, 0.15) is 19.2 Å². The third-order valence-corrected chi connectivity index (χ3v) is 5.41. The van der Waals surface area contributed by atoms with Gasteiger partial charge in [-0.05, 0) is 41.0 Å². The average Bonchev–Trinajstić information content (AvgIpc) is 3.51. The third kappa shape index (κ3) is 4.08. The van der Waals surface area contributed by atoms with E-state index in [0.29, 0.717) is 0 Å². The second-order valence-corrected chi connectivity index (χ2v) is 7.40. The number of ether oxygens (including phenoxy) is 1. The summed E-state index contributed by atoms with van der Waals surface area (Å²) in [5, 5.41) is 14.0. The lowest BCUT2D eigenvalue weighted by Crippen LogP contribution is -2.46. The molecular formula is C22H22N2O5. The fraction of sp³-hybridized carbons (Fsp3) is 0.318. The largest absolute Gasteiger partial charge is 0.480 e. The van der Waals surface area contributed by atoms with Crippen molar-refractivity contribution in [2.75, 3.05) is 13.2 Å². The number of carbonyl (C=O) groups is 3. The quantitative estimate of drug-likeness (QED) is 0.669. The molecule has 7 heteroatoms. The molecular weight excluding hydrogens is 372 g/mol. The lowest BCUT2D eigenvalue weighted by molar-refractivity contribution is -0.142. The molecule has 2 aliphatic carbocycles. The molecule has 0 bridgehead atoms. The Morgan fingerprint density at radius 1 is 1.00 bits per heavy atom. The maximum absolute atomic E-state index is 12.1. The Balaban J connectivity index is 1.31. The van der Waals surface area contributed by atoms with E-state index in [9.17, 15) is 14.4 Å². The Hall–Kier alpha value is -3.35. The minimum absolute atomic E-state index is 0.0223. The normalized spacial score (nSPS) is 15.7. The number of rotatable bonds is 7. The van der Waals surface area contributed by atoms with Crippen LogP contribution in [-0.2, 0) is 14.3 Å². The molecule has 1 unspecified atom stereocenters. The van der Waals surface area contributed by atoms with Crippen molar-refractivity contribution in [2.24, 2.45) is 5.92 Å². The molecule has 2 aromatic rings. The smallest absolute Gasteiger partial charge is 0.407 e. The number of amides is 2. The zero-order valence-electron chi connectivity index (χ0n) is 15.8. The van der Waals surface area contributed by atoms with Crippen LogP contribution in [0.2, 0.25) is 0 Å². The maximum Gasteiger partial charge on any atom is 0.407 e. The molecule has 2 aromatic carbocycles. The number of hydrogen-bond acceptors (Lipinski definition) is 4. The Labute approximate surface area is 168 Å². The van der Waals surface area contributed by atoms with Crippen molar-refractivity contribution in [1.29, 1.82) is 0 Å². The van der Waals surface area contributed by atoms with Crippen molar-refractivity contribution in [3.8, 4) is 11.1 Å². The molecule has 1 saturated carbocycles. The standard InChI is InChI=1S/C22H22N2O5/c25-19(24-20(21(26)27)13-9-10-13)11-23-22(28)29-12-18-16-7-3-1-5-14(16)15-6-2-4-8-17(15)18/h1-8,13,18,20H,9-12H2,(H,23,28)(H,24,25)(H,26,27). The molecule has 2 aliphatic rings.